The van der Waals surface area contributed by atoms with Crippen molar-refractivity contribution < 1.29 is 14.7 Å². The number of carbonyl (C=O) groups is 2. The molecular formula is C20H22ClNO3. The number of ketones is 1. The summed E-state index contributed by atoms with van der Waals surface area (Å²) in [6.07, 6.45) is 0. The maximum absolute atomic E-state index is 12.8. The van der Waals surface area contributed by atoms with Gasteiger partial charge >= 0.3 is 0 Å². The van der Waals surface area contributed by atoms with Gasteiger partial charge in [0.25, 0.3) is 0 Å². The first-order chi connectivity index (χ1) is 11.7. The van der Waals surface area contributed by atoms with Crippen molar-refractivity contribution in [2.75, 3.05) is 5.88 Å². The summed E-state index contributed by atoms with van der Waals surface area (Å²) >= 11 is 5.49. The number of phenols is 1. The lowest BCUT2D eigenvalue weighted by atomic mass is 9.83. The largest absolute Gasteiger partial charge is 0.507 e. The molecular weight excluding hydrogens is 338 g/mol. The van der Waals surface area contributed by atoms with E-state index in [9.17, 15) is 14.7 Å². The molecule has 0 fully saturated rings. The lowest BCUT2D eigenvalue weighted by Gasteiger charge is -2.22. The second kappa shape index (κ2) is 7.70. The molecule has 5 heteroatoms. The fourth-order valence-electron chi connectivity index (χ4n) is 2.42. The Balaban J connectivity index is 2.51. The second-order valence-corrected chi connectivity index (χ2v) is 7.15. The molecule has 2 aromatic rings. The van der Waals surface area contributed by atoms with Crippen molar-refractivity contribution >= 4 is 23.3 Å². The predicted molar refractivity (Wildman–Crippen MR) is 99.2 cm³/mol. The second-order valence-electron chi connectivity index (χ2n) is 6.89. The standard InChI is InChI=1S/C20H22ClNO3/c1-20(2,3)15-9-14(12-22-17(23)11-21)19(25)16(10-15)18(24)13-7-5-4-6-8-13/h4-10,25H,11-12H2,1-3H3,(H,22,23). The van der Waals surface area contributed by atoms with Crippen molar-refractivity contribution in [1.82, 2.24) is 5.32 Å². The van der Waals surface area contributed by atoms with Crippen LogP contribution in [0.1, 0.15) is 47.8 Å². The zero-order valence-electron chi connectivity index (χ0n) is 14.6. The molecule has 0 saturated heterocycles. The van der Waals surface area contributed by atoms with Gasteiger partial charge < -0.3 is 10.4 Å². The van der Waals surface area contributed by atoms with E-state index in [-0.39, 0.29) is 40.8 Å². The Bertz CT molecular complexity index is 780. The summed E-state index contributed by atoms with van der Waals surface area (Å²) in [5.41, 5.74) is 1.91. The van der Waals surface area contributed by atoms with E-state index in [2.05, 4.69) is 5.32 Å². The highest BCUT2D eigenvalue weighted by atomic mass is 35.5. The number of phenolic OH excluding ortho intramolecular Hbond substituents is 1. The van der Waals surface area contributed by atoms with E-state index in [4.69, 9.17) is 11.6 Å². The molecule has 0 spiro atoms. The van der Waals surface area contributed by atoms with Crippen molar-refractivity contribution in [3.63, 3.8) is 0 Å². The average molecular weight is 360 g/mol. The maximum Gasteiger partial charge on any atom is 0.235 e. The van der Waals surface area contributed by atoms with Gasteiger partial charge in [0.05, 0.1) is 5.56 Å². The Morgan fingerprint density at radius 3 is 2.32 bits per heavy atom. The summed E-state index contributed by atoms with van der Waals surface area (Å²) in [6, 6.07) is 12.3. The van der Waals surface area contributed by atoms with Crippen LogP contribution < -0.4 is 5.32 Å². The van der Waals surface area contributed by atoms with E-state index in [1.165, 1.54) is 0 Å². The first kappa shape index (κ1) is 19.0. The van der Waals surface area contributed by atoms with Crippen molar-refractivity contribution in [3.8, 4) is 5.75 Å². The third-order valence-electron chi connectivity index (χ3n) is 3.93. The molecule has 0 atom stereocenters. The summed E-state index contributed by atoms with van der Waals surface area (Å²) < 4.78 is 0. The van der Waals surface area contributed by atoms with Crippen molar-refractivity contribution in [1.29, 1.82) is 0 Å². The first-order valence-electron chi connectivity index (χ1n) is 8.03. The molecule has 0 heterocycles. The molecule has 132 valence electrons. The molecule has 0 bridgehead atoms. The molecule has 2 rings (SSSR count). The van der Waals surface area contributed by atoms with Gasteiger partial charge in [0.1, 0.15) is 11.6 Å². The lowest BCUT2D eigenvalue weighted by molar-refractivity contribution is -0.118. The Morgan fingerprint density at radius 1 is 1.12 bits per heavy atom. The highest BCUT2D eigenvalue weighted by Gasteiger charge is 2.22. The molecule has 2 N–H and O–H groups in total. The van der Waals surface area contributed by atoms with Crippen LogP contribution in [-0.2, 0) is 16.8 Å². The number of amides is 1. The summed E-state index contributed by atoms with van der Waals surface area (Å²) in [4.78, 5) is 24.3. The van der Waals surface area contributed by atoms with Gasteiger partial charge in [-0.15, -0.1) is 11.6 Å². The van der Waals surface area contributed by atoms with E-state index in [1.54, 1.807) is 30.3 Å². The van der Waals surface area contributed by atoms with E-state index in [1.807, 2.05) is 32.9 Å². The number of hydrogen-bond acceptors (Lipinski definition) is 3. The molecule has 0 saturated carbocycles. The summed E-state index contributed by atoms with van der Waals surface area (Å²) in [5, 5.41) is 13.2. The zero-order valence-corrected chi connectivity index (χ0v) is 15.4. The van der Waals surface area contributed by atoms with E-state index >= 15 is 0 Å². The summed E-state index contributed by atoms with van der Waals surface area (Å²) in [6.45, 7) is 6.18. The topological polar surface area (TPSA) is 66.4 Å². The summed E-state index contributed by atoms with van der Waals surface area (Å²) in [7, 11) is 0. The smallest absolute Gasteiger partial charge is 0.235 e. The van der Waals surface area contributed by atoms with Crippen LogP contribution in [0, 0.1) is 0 Å². The van der Waals surface area contributed by atoms with Crippen LogP contribution in [0.2, 0.25) is 0 Å². The number of nitrogens with one attached hydrogen (secondary N) is 1. The molecule has 0 aliphatic carbocycles. The highest BCUT2D eigenvalue weighted by molar-refractivity contribution is 6.27. The van der Waals surface area contributed by atoms with Gasteiger partial charge in [0.2, 0.25) is 5.91 Å². The molecule has 2 aromatic carbocycles. The molecule has 0 aliphatic rings. The number of hydrogen-bond donors (Lipinski definition) is 2. The number of rotatable bonds is 5. The van der Waals surface area contributed by atoms with Crippen molar-refractivity contribution in [3.05, 3.63) is 64.7 Å². The maximum atomic E-state index is 12.8. The Kier molecular flexibility index (Phi) is 5.85. The Morgan fingerprint density at radius 2 is 1.76 bits per heavy atom. The SMILES string of the molecule is CC(C)(C)c1cc(CNC(=O)CCl)c(O)c(C(=O)c2ccccc2)c1. The molecule has 0 aromatic heterocycles. The normalized spacial score (nSPS) is 11.2. The number of halogens is 1. The molecule has 1 amide bonds. The number of alkyl halides is 1. The third kappa shape index (κ3) is 4.60. The van der Waals surface area contributed by atoms with Crippen LogP contribution in [-0.4, -0.2) is 22.7 Å². The van der Waals surface area contributed by atoms with Gasteiger partial charge in [0.15, 0.2) is 5.78 Å². The van der Waals surface area contributed by atoms with Gasteiger partial charge in [-0.1, -0.05) is 51.1 Å². The highest BCUT2D eigenvalue weighted by Crippen LogP contribution is 2.32. The van der Waals surface area contributed by atoms with Crippen LogP contribution in [0.3, 0.4) is 0 Å². The van der Waals surface area contributed by atoms with Gasteiger partial charge in [-0.2, -0.15) is 0 Å². The predicted octanol–water partition coefficient (Wildman–Crippen LogP) is 3.78. The van der Waals surface area contributed by atoms with Crippen LogP contribution in [0.15, 0.2) is 42.5 Å². The minimum absolute atomic E-state index is 0.108. The molecule has 0 aliphatic heterocycles. The monoisotopic (exact) mass is 359 g/mol. The van der Waals surface area contributed by atoms with Gasteiger partial charge in [-0.25, -0.2) is 0 Å². The van der Waals surface area contributed by atoms with Crippen LogP contribution >= 0.6 is 11.6 Å². The quantitative estimate of drug-likeness (QED) is 0.630. The average Bonchev–Trinajstić information content (AvgIpc) is 2.59. The molecule has 0 radical (unpaired) electrons. The third-order valence-corrected chi connectivity index (χ3v) is 4.18. The van der Waals surface area contributed by atoms with Gasteiger partial charge in [-0.3, -0.25) is 9.59 Å². The van der Waals surface area contributed by atoms with Gasteiger partial charge in [0, 0.05) is 17.7 Å². The van der Waals surface area contributed by atoms with Gasteiger partial charge in [-0.05, 0) is 23.1 Å². The van der Waals surface area contributed by atoms with Crippen molar-refractivity contribution in [2.24, 2.45) is 0 Å². The van der Waals surface area contributed by atoms with Crippen LogP contribution in [0.25, 0.3) is 0 Å². The fourth-order valence-corrected chi connectivity index (χ4v) is 2.52. The van der Waals surface area contributed by atoms with E-state index < -0.39 is 0 Å². The zero-order chi connectivity index (χ0) is 18.6. The number of benzene rings is 2. The van der Waals surface area contributed by atoms with E-state index in [0.29, 0.717) is 11.1 Å². The van der Waals surface area contributed by atoms with Crippen molar-refractivity contribution in [2.45, 2.75) is 32.7 Å². The minimum atomic E-state index is -0.335. The fraction of sp³-hybridized carbons (Fsp3) is 0.300. The number of carbonyl (C=O) groups excluding carboxylic acids is 2. The van der Waals surface area contributed by atoms with Crippen LogP contribution in [0.4, 0.5) is 0 Å². The molecule has 25 heavy (non-hydrogen) atoms. The minimum Gasteiger partial charge on any atom is -0.507 e. The molecule has 0 unspecified atom stereocenters. The summed E-state index contributed by atoms with van der Waals surface area (Å²) in [5.74, 6) is -0.862. The lowest BCUT2D eigenvalue weighted by Crippen LogP contribution is -2.24. The van der Waals surface area contributed by atoms with Crippen LogP contribution in [0.5, 0.6) is 5.75 Å². The number of aromatic hydroxyl groups is 1. The first-order valence-corrected chi connectivity index (χ1v) is 8.56. The Hall–Kier alpha value is -2.33. The Labute approximate surface area is 152 Å². The van der Waals surface area contributed by atoms with E-state index in [0.717, 1.165) is 5.56 Å². The molecule has 4 nitrogen and oxygen atoms in total.